The quantitative estimate of drug-likeness (QED) is 0.768. The highest BCUT2D eigenvalue weighted by Crippen LogP contribution is 2.09. The predicted octanol–water partition coefficient (Wildman–Crippen LogP) is 2.43. The van der Waals surface area contributed by atoms with E-state index in [1.807, 2.05) is 12.1 Å². The van der Waals surface area contributed by atoms with Crippen molar-refractivity contribution in [3.05, 3.63) is 24.0 Å². The highest BCUT2D eigenvalue weighted by atomic mass is 15.1. The van der Waals surface area contributed by atoms with E-state index in [0.717, 1.165) is 18.7 Å². The number of hydrogen-bond acceptors (Lipinski definition) is 3. The van der Waals surface area contributed by atoms with E-state index < -0.39 is 0 Å². The Hall–Kier alpha value is -0.960. The van der Waals surface area contributed by atoms with Gasteiger partial charge in [-0.05, 0) is 37.4 Å². The van der Waals surface area contributed by atoms with Gasteiger partial charge in [-0.2, -0.15) is 10.2 Å². The topological polar surface area (TPSA) is 37.8 Å². The molecule has 0 amide bonds. The molecule has 1 aromatic rings. The Kier molecular flexibility index (Phi) is 6.01. The molecule has 0 saturated carbocycles. The van der Waals surface area contributed by atoms with E-state index in [9.17, 15) is 0 Å². The average molecular weight is 221 g/mol. The van der Waals surface area contributed by atoms with E-state index in [-0.39, 0.29) is 0 Å². The van der Waals surface area contributed by atoms with E-state index in [2.05, 4.69) is 36.3 Å². The molecule has 90 valence electrons. The molecule has 0 spiro atoms. The maximum atomic E-state index is 4.14. The predicted molar refractivity (Wildman–Crippen MR) is 67.3 cm³/mol. The third kappa shape index (κ3) is 5.21. The van der Waals surface area contributed by atoms with Gasteiger partial charge in [0.05, 0.1) is 5.69 Å². The summed E-state index contributed by atoms with van der Waals surface area (Å²) in [5.41, 5.74) is 1.08. The lowest BCUT2D eigenvalue weighted by atomic mass is 9.99. The fourth-order valence-corrected chi connectivity index (χ4v) is 1.85. The fourth-order valence-electron chi connectivity index (χ4n) is 1.85. The van der Waals surface area contributed by atoms with Gasteiger partial charge >= 0.3 is 0 Å². The first-order valence-corrected chi connectivity index (χ1v) is 6.22. The van der Waals surface area contributed by atoms with Crippen LogP contribution in [0, 0.1) is 5.92 Å². The molecule has 16 heavy (non-hydrogen) atoms. The van der Waals surface area contributed by atoms with Gasteiger partial charge in [-0.15, -0.1) is 0 Å². The maximum Gasteiger partial charge on any atom is 0.0646 e. The normalized spacial score (nSPS) is 13.0. The van der Waals surface area contributed by atoms with Gasteiger partial charge in [-0.1, -0.05) is 20.8 Å². The number of nitrogens with one attached hydrogen (secondary N) is 1. The molecule has 3 heteroatoms. The lowest BCUT2D eigenvalue weighted by Crippen LogP contribution is -2.33. The SMILES string of the molecule is CCCNC(Cc1cccnn1)CC(C)C. The molecule has 1 heterocycles. The van der Waals surface area contributed by atoms with Gasteiger partial charge in [-0.3, -0.25) is 0 Å². The summed E-state index contributed by atoms with van der Waals surface area (Å²) in [6, 6.07) is 4.53. The smallest absolute Gasteiger partial charge is 0.0646 e. The number of aromatic nitrogens is 2. The van der Waals surface area contributed by atoms with E-state index in [1.165, 1.54) is 12.8 Å². The van der Waals surface area contributed by atoms with Crippen molar-refractivity contribution in [2.24, 2.45) is 5.92 Å². The van der Waals surface area contributed by atoms with Gasteiger partial charge < -0.3 is 5.32 Å². The van der Waals surface area contributed by atoms with E-state index >= 15 is 0 Å². The Bertz CT molecular complexity index is 272. The molecular formula is C13H23N3. The summed E-state index contributed by atoms with van der Waals surface area (Å²) >= 11 is 0. The zero-order valence-corrected chi connectivity index (χ0v) is 10.6. The van der Waals surface area contributed by atoms with Crippen molar-refractivity contribution in [1.29, 1.82) is 0 Å². The van der Waals surface area contributed by atoms with Crippen LogP contribution >= 0.6 is 0 Å². The van der Waals surface area contributed by atoms with Crippen LogP contribution in [-0.4, -0.2) is 22.8 Å². The van der Waals surface area contributed by atoms with Crippen molar-refractivity contribution in [2.45, 2.75) is 46.1 Å². The molecule has 1 rings (SSSR count). The minimum Gasteiger partial charge on any atom is -0.314 e. The standard InChI is InChI=1S/C13H23N3/c1-4-7-14-13(9-11(2)3)10-12-6-5-8-15-16-12/h5-6,8,11,13-14H,4,7,9-10H2,1-3H3. The van der Waals surface area contributed by atoms with E-state index in [4.69, 9.17) is 0 Å². The first kappa shape index (κ1) is 13.1. The van der Waals surface area contributed by atoms with Crippen molar-refractivity contribution >= 4 is 0 Å². The van der Waals surface area contributed by atoms with Crippen molar-refractivity contribution in [1.82, 2.24) is 15.5 Å². The van der Waals surface area contributed by atoms with Crippen molar-refractivity contribution in [2.75, 3.05) is 6.54 Å². The number of hydrogen-bond donors (Lipinski definition) is 1. The number of nitrogens with zero attached hydrogens (tertiary/aromatic N) is 2. The van der Waals surface area contributed by atoms with E-state index in [0.29, 0.717) is 12.0 Å². The van der Waals surface area contributed by atoms with E-state index in [1.54, 1.807) is 6.20 Å². The Morgan fingerprint density at radius 2 is 2.19 bits per heavy atom. The third-order valence-electron chi connectivity index (χ3n) is 2.52. The van der Waals surface area contributed by atoms with Crippen LogP contribution in [0.3, 0.4) is 0 Å². The second kappa shape index (κ2) is 7.34. The molecule has 1 aromatic heterocycles. The molecule has 1 unspecified atom stereocenters. The first-order valence-electron chi connectivity index (χ1n) is 6.22. The molecule has 3 nitrogen and oxygen atoms in total. The lowest BCUT2D eigenvalue weighted by Gasteiger charge is -2.19. The van der Waals surface area contributed by atoms with Gasteiger partial charge in [0.1, 0.15) is 0 Å². The van der Waals surface area contributed by atoms with Crippen LogP contribution in [0.15, 0.2) is 18.3 Å². The Balaban J connectivity index is 2.49. The Morgan fingerprint density at radius 3 is 2.75 bits per heavy atom. The summed E-state index contributed by atoms with van der Waals surface area (Å²) in [6.07, 6.45) is 5.07. The first-order chi connectivity index (χ1) is 7.72. The second-order valence-electron chi connectivity index (χ2n) is 4.70. The van der Waals surface area contributed by atoms with Crippen LogP contribution < -0.4 is 5.32 Å². The third-order valence-corrected chi connectivity index (χ3v) is 2.52. The summed E-state index contributed by atoms with van der Waals surface area (Å²) in [6.45, 7) is 7.80. The molecule has 1 atom stereocenters. The number of rotatable bonds is 7. The maximum absolute atomic E-state index is 4.14. The van der Waals surface area contributed by atoms with Crippen LogP contribution in [0.1, 0.15) is 39.3 Å². The van der Waals surface area contributed by atoms with Gasteiger partial charge in [-0.25, -0.2) is 0 Å². The highest BCUT2D eigenvalue weighted by Gasteiger charge is 2.11. The zero-order chi connectivity index (χ0) is 11.8. The van der Waals surface area contributed by atoms with Crippen molar-refractivity contribution in [3.63, 3.8) is 0 Å². The van der Waals surface area contributed by atoms with Crippen molar-refractivity contribution < 1.29 is 0 Å². The summed E-state index contributed by atoms with van der Waals surface area (Å²) in [4.78, 5) is 0. The van der Waals surface area contributed by atoms with Crippen LogP contribution in [0.25, 0.3) is 0 Å². The summed E-state index contributed by atoms with van der Waals surface area (Å²) in [7, 11) is 0. The molecule has 1 N–H and O–H groups in total. The molecule has 0 aliphatic rings. The van der Waals surface area contributed by atoms with Gasteiger partial charge in [0.15, 0.2) is 0 Å². The summed E-state index contributed by atoms with van der Waals surface area (Å²) in [5, 5.41) is 11.6. The fraction of sp³-hybridized carbons (Fsp3) is 0.692. The second-order valence-corrected chi connectivity index (χ2v) is 4.70. The minimum atomic E-state index is 0.525. The van der Waals surface area contributed by atoms with Gasteiger partial charge in [0, 0.05) is 18.7 Å². The Labute approximate surface area is 98.7 Å². The zero-order valence-electron chi connectivity index (χ0n) is 10.6. The molecule has 0 radical (unpaired) electrons. The largest absolute Gasteiger partial charge is 0.314 e. The highest BCUT2D eigenvalue weighted by molar-refractivity contribution is 5.01. The average Bonchev–Trinajstić information content (AvgIpc) is 2.26. The molecule has 0 bridgehead atoms. The molecule has 0 aromatic carbocycles. The van der Waals surface area contributed by atoms with Crippen molar-refractivity contribution in [3.8, 4) is 0 Å². The molecule has 0 aliphatic carbocycles. The minimum absolute atomic E-state index is 0.525. The lowest BCUT2D eigenvalue weighted by molar-refractivity contribution is 0.413. The summed E-state index contributed by atoms with van der Waals surface area (Å²) in [5.74, 6) is 0.714. The van der Waals surface area contributed by atoms with Gasteiger partial charge in [0.2, 0.25) is 0 Å². The monoisotopic (exact) mass is 221 g/mol. The molecular weight excluding hydrogens is 198 g/mol. The van der Waals surface area contributed by atoms with Crippen LogP contribution in [-0.2, 0) is 6.42 Å². The molecule has 0 fully saturated rings. The summed E-state index contributed by atoms with van der Waals surface area (Å²) < 4.78 is 0. The van der Waals surface area contributed by atoms with Gasteiger partial charge in [0.25, 0.3) is 0 Å². The molecule has 0 saturated heterocycles. The Morgan fingerprint density at radius 1 is 1.38 bits per heavy atom. The van der Waals surface area contributed by atoms with Crippen LogP contribution in [0.2, 0.25) is 0 Å². The van der Waals surface area contributed by atoms with Crippen LogP contribution in [0.5, 0.6) is 0 Å². The van der Waals surface area contributed by atoms with Crippen LogP contribution in [0.4, 0.5) is 0 Å². The molecule has 0 aliphatic heterocycles.